The molecule has 0 aliphatic rings. The van der Waals surface area contributed by atoms with Gasteiger partial charge in [0.25, 0.3) is 5.89 Å². The minimum absolute atomic E-state index is 0.000693. The lowest BCUT2D eigenvalue weighted by Gasteiger charge is -2.04. The molecule has 0 unspecified atom stereocenters. The Labute approximate surface area is 175 Å². The Morgan fingerprint density at radius 3 is 2.55 bits per heavy atom. The van der Waals surface area contributed by atoms with Crippen LogP contribution in [0.1, 0.15) is 12.8 Å². The van der Waals surface area contributed by atoms with Crippen molar-refractivity contribution in [1.82, 2.24) is 10.2 Å². The minimum atomic E-state index is -3.61. The van der Waals surface area contributed by atoms with E-state index in [0.717, 1.165) is 12.1 Å². The summed E-state index contributed by atoms with van der Waals surface area (Å²) in [5.74, 6) is -1.21. The Balaban J connectivity index is 1.56. The summed E-state index contributed by atoms with van der Waals surface area (Å²) < 4.78 is 42.6. The lowest BCUT2D eigenvalue weighted by molar-refractivity contribution is -0.116. The highest BCUT2D eigenvalue weighted by Crippen LogP contribution is 2.30. The van der Waals surface area contributed by atoms with Crippen LogP contribution in [0.4, 0.5) is 10.4 Å². The molecule has 1 amide bonds. The number of nitrogens with zero attached hydrogens (tertiary/aromatic N) is 2. The summed E-state index contributed by atoms with van der Waals surface area (Å²) in [5.41, 5.74) is 0.414. The predicted molar refractivity (Wildman–Crippen MR) is 106 cm³/mol. The SMILES string of the molecule is O=C(CCCS(=O)(=O)c1ccc(F)cc1)Nc1nnc(-c2cc(Cl)ccc2Cl)o1. The maximum atomic E-state index is 12.9. The molecule has 0 spiro atoms. The number of nitrogens with one attached hydrogen (secondary N) is 1. The van der Waals surface area contributed by atoms with Crippen molar-refractivity contribution < 1.29 is 22.0 Å². The first-order chi connectivity index (χ1) is 13.7. The number of benzene rings is 2. The maximum Gasteiger partial charge on any atom is 0.322 e. The third kappa shape index (κ3) is 5.53. The molecule has 1 N–H and O–H groups in total. The topological polar surface area (TPSA) is 102 Å². The lowest BCUT2D eigenvalue weighted by atomic mass is 10.2. The van der Waals surface area contributed by atoms with Crippen molar-refractivity contribution in [3.05, 3.63) is 58.3 Å². The van der Waals surface area contributed by atoms with Crippen LogP contribution in [0.2, 0.25) is 10.0 Å². The van der Waals surface area contributed by atoms with E-state index in [1.54, 1.807) is 18.2 Å². The average molecular weight is 458 g/mol. The van der Waals surface area contributed by atoms with E-state index in [1.807, 2.05) is 0 Å². The molecular formula is C18H14Cl2FN3O4S. The van der Waals surface area contributed by atoms with Crippen LogP contribution in [0.15, 0.2) is 51.8 Å². The van der Waals surface area contributed by atoms with Crippen LogP contribution in [-0.4, -0.2) is 30.3 Å². The van der Waals surface area contributed by atoms with Crippen LogP contribution in [0, 0.1) is 5.82 Å². The third-order valence-corrected chi connectivity index (χ3v) is 6.20. The molecule has 1 heterocycles. The largest absolute Gasteiger partial charge is 0.403 e. The first kappa shape index (κ1) is 21.2. The fraction of sp³-hybridized carbons (Fsp3) is 0.167. The van der Waals surface area contributed by atoms with E-state index in [-0.39, 0.29) is 35.4 Å². The summed E-state index contributed by atoms with van der Waals surface area (Å²) in [6.07, 6.45) is -0.0251. The number of anilines is 1. The average Bonchev–Trinajstić information content (AvgIpc) is 3.12. The van der Waals surface area contributed by atoms with Gasteiger partial charge in [-0.1, -0.05) is 28.3 Å². The van der Waals surface area contributed by atoms with Gasteiger partial charge in [-0.15, -0.1) is 5.10 Å². The fourth-order valence-electron chi connectivity index (χ4n) is 2.41. The van der Waals surface area contributed by atoms with Gasteiger partial charge in [-0.05, 0) is 48.9 Å². The lowest BCUT2D eigenvalue weighted by Crippen LogP contribution is -2.14. The van der Waals surface area contributed by atoms with Crippen molar-refractivity contribution >= 4 is 45.0 Å². The number of hydrogen-bond donors (Lipinski definition) is 1. The first-order valence-corrected chi connectivity index (χ1v) is 10.7. The predicted octanol–water partition coefficient (Wildman–Crippen LogP) is 4.38. The number of amides is 1. The summed E-state index contributed by atoms with van der Waals surface area (Å²) in [6, 6.07) is 9.08. The Morgan fingerprint density at radius 2 is 1.83 bits per heavy atom. The van der Waals surface area contributed by atoms with Gasteiger partial charge in [0.15, 0.2) is 9.84 Å². The van der Waals surface area contributed by atoms with Gasteiger partial charge >= 0.3 is 6.01 Å². The highest BCUT2D eigenvalue weighted by Gasteiger charge is 2.17. The van der Waals surface area contributed by atoms with Gasteiger partial charge in [0.2, 0.25) is 5.91 Å². The van der Waals surface area contributed by atoms with Crippen LogP contribution >= 0.6 is 23.2 Å². The fourth-order valence-corrected chi connectivity index (χ4v) is 4.09. The number of carbonyl (C=O) groups excluding carboxylic acids is 1. The van der Waals surface area contributed by atoms with E-state index in [1.165, 1.54) is 12.1 Å². The van der Waals surface area contributed by atoms with Crippen LogP contribution in [-0.2, 0) is 14.6 Å². The van der Waals surface area contributed by atoms with Crippen LogP contribution in [0.3, 0.4) is 0 Å². The maximum absolute atomic E-state index is 12.9. The van der Waals surface area contributed by atoms with Crippen molar-refractivity contribution in [2.75, 3.05) is 11.1 Å². The van der Waals surface area contributed by atoms with Crippen molar-refractivity contribution in [2.45, 2.75) is 17.7 Å². The van der Waals surface area contributed by atoms with Gasteiger partial charge in [-0.2, -0.15) is 0 Å². The van der Waals surface area contributed by atoms with E-state index in [2.05, 4.69) is 15.5 Å². The summed E-state index contributed by atoms with van der Waals surface area (Å²) in [4.78, 5) is 12.0. The molecule has 0 radical (unpaired) electrons. The molecule has 0 saturated heterocycles. The zero-order valence-corrected chi connectivity index (χ0v) is 17.1. The summed E-state index contributed by atoms with van der Waals surface area (Å²) in [7, 11) is -3.61. The number of hydrogen-bond acceptors (Lipinski definition) is 6. The highest BCUT2D eigenvalue weighted by molar-refractivity contribution is 7.91. The van der Waals surface area contributed by atoms with Gasteiger partial charge in [0.05, 0.1) is 21.2 Å². The smallest absolute Gasteiger partial charge is 0.322 e. The molecule has 3 rings (SSSR count). The molecular weight excluding hydrogens is 444 g/mol. The second-order valence-corrected chi connectivity index (χ2v) is 8.91. The van der Waals surface area contributed by atoms with Gasteiger partial charge in [0.1, 0.15) is 5.82 Å². The summed E-state index contributed by atoms with van der Waals surface area (Å²) in [6.45, 7) is 0. The molecule has 2 aromatic carbocycles. The second-order valence-electron chi connectivity index (χ2n) is 5.96. The van der Waals surface area contributed by atoms with E-state index >= 15 is 0 Å². The molecule has 0 aliphatic carbocycles. The molecule has 0 saturated carbocycles. The number of aromatic nitrogens is 2. The van der Waals surface area contributed by atoms with Crippen molar-refractivity contribution in [3.63, 3.8) is 0 Å². The number of sulfone groups is 1. The van der Waals surface area contributed by atoms with E-state index in [0.29, 0.717) is 15.6 Å². The van der Waals surface area contributed by atoms with Gasteiger partial charge in [0, 0.05) is 11.4 Å². The number of rotatable bonds is 7. The van der Waals surface area contributed by atoms with Crippen molar-refractivity contribution in [1.29, 1.82) is 0 Å². The molecule has 0 bridgehead atoms. The van der Waals surface area contributed by atoms with Gasteiger partial charge in [-0.25, -0.2) is 12.8 Å². The Hall–Kier alpha value is -2.49. The van der Waals surface area contributed by atoms with Gasteiger partial charge in [-0.3, -0.25) is 10.1 Å². The minimum Gasteiger partial charge on any atom is -0.403 e. The van der Waals surface area contributed by atoms with Crippen molar-refractivity contribution in [3.8, 4) is 11.5 Å². The summed E-state index contributed by atoms with van der Waals surface area (Å²) >= 11 is 12.0. The zero-order chi connectivity index (χ0) is 21.0. The number of halogens is 3. The molecule has 0 fully saturated rings. The van der Waals surface area contributed by atoms with E-state index < -0.39 is 21.6 Å². The zero-order valence-electron chi connectivity index (χ0n) is 14.7. The quantitative estimate of drug-likeness (QED) is 0.528. The Bertz CT molecular complexity index is 1130. The van der Waals surface area contributed by atoms with Crippen LogP contribution in [0.5, 0.6) is 0 Å². The summed E-state index contributed by atoms with van der Waals surface area (Å²) in [5, 5.41) is 10.7. The van der Waals surface area contributed by atoms with Crippen molar-refractivity contribution in [2.24, 2.45) is 0 Å². The first-order valence-electron chi connectivity index (χ1n) is 8.32. The van der Waals surface area contributed by atoms with E-state index in [9.17, 15) is 17.6 Å². The molecule has 11 heteroatoms. The molecule has 29 heavy (non-hydrogen) atoms. The Morgan fingerprint density at radius 1 is 1.10 bits per heavy atom. The Kier molecular flexibility index (Phi) is 6.51. The number of carbonyl (C=O) groups is 1. The third-order valence-electron chi connectivity index (χ3n) is 3.82. The van der Waals surface area contributed by atoms with E-state index in [4.69, 9.17) is 27.6 Å². The highest BCUT2D eigenvalue weighted by atomic mass is 35.5. The monoisotopic (exact) mass is 457 g/mol. The van der Waals surface area contributed by atoms with Crippen LogP contribution < -0.4 is 5.32 Å². The standard InChI is InChI=1S/C18H14Cl2FN3O4S/c19-11-3-8-15(20)14(10-11)17-23-24-18(28-17)22-16(25)2-1-9-29(26,27)13-6-4-12(21)5-7-13/h3-8,10H,1-2,9H2,(H,22,24,25). The molecule has 7 nitrogen and oxygen atoms in total. The molecule has 0 aliphatic heterocycles. The second kappa shape index (κ2) is 8.89. The molecule has 3 aromatic rings. The molecule has 152 valence electrons. The molecule has 1 aromatic heterocycles. The normalized spacial score (nSPS) is 11.4. The van der Waals surface area contributed by atoms with Crippen LogP contribution in [0.25, 0.3) is 11.5 Å². The van der Waals surface area contributed by atoms with Gasteiger partial charge < -0.3 is 4.42 Å². The molecule has 0 atom stereocenters.